The van der Waals surface area contributed by atoms with E-state index in [0.29, 0.717) is 17.0 Å². The van der Waals surface area contributed by atoms with Crippen molar-refractivity contribution in [2.24, 2.45) is 0 Å². The molecule has 26 heavy (non-hydrogen) atoms. The number of carbonyl (C=O) groups is 3. The van der Waals surface area contributed by atoms with Gasteiger partial charge in [-0.15, -0.1) is 0 Å². The molecule has 0 bridgehead atoms. The van der Waals surface area contributed by atoms with Crippen molar-refractivity contribution >= 4 is 39.3 Å². The van der Waals surface area contributed by atoms with E-state index in [4.69, 9.17) is 4.74 Å². The Morgan fingerprint density at radius 2 is 1.81 bits per heavy atom. The number of anilines is 1. The molecule has 0 spiro atoms. The van der Waals surface area contributed by atoms with E-state index in [0.717, 1.165) is 4.47 Å². The lowest BCUT2D eigenvalue weighted by molar-refractivity contribution is -0.124. The van der Waals surface area contributed by atoms with Gasteiger partial charge in [-0.2, -0.15) is 0 Å². The highest BCUT2D eigenvalue weighted by Crippen LogP contribution is 2.30. The number of carbonyl (C=O) groups excluding carboxylic acids is 3. The predicted octanol–water partition coefficient (Wildman–Crippen LogP) is 2.03. The summed E-state index contributed by atoms with van der Waals surface area (Å²) in [5.74, 6) is -0.633. The molecule has 2 aromatic carbocycles. The van der Waals surface area contributed by atoms with E-state index in [9.17, 15) is 14.4 Å². The molecule has 1 aliphatic rings. The molecule has 3 amide bonds. The lowest BCUT2D eigenvalue weighted by Crippen LogP contribution is -2.47. The maximum absolute atomic E-state index is 12.3. The maximum atomic E-state index is 12.3. The Morgan fingerprint density at radius 1 is 1.08 bits per heavy atom. The summed E-state index contributed by atoms with van der Waals surface area (Å²) in [5, 5.41) is 0. The molecular weight excluding hydrogens is 402 g/mol. The zero-order valence-electron chi connectivity index (χ0n) is 13.7. The van der Waals surface area contributed by atoms with Gasteiger partial charge in [0.05, 0.1) is 18.7 Å². The normalized spacial score (nSPS) is 13.3. The van der Waals surface area contributed by atoms with Gasteiger partial charge in [-0.3, -0.25) is 30.1 Å². The molecule has 0 aliphatic carbocycles. The average molecular weight is 418 g/mol. The van der Waals surface area contributed by atoms with Gasteiger partial charge in [-0.1, -0.05) is 28.1 Å². The van der Waals surface area contributed by atoms with Crippen LogP contribution in [-0.4, -0.2) is 30.9 Å². The van der Waals surface area contributed by atoms with E-state index >= 15 is 0 Å². The molecule has 0 saturated carbocycles. The van der Waals surface area contributed by atoms with Crippen LogP contribution in [0.2, 0.25) is 0 Å². The van der Waals surface area contributed by atoms with Gasteiger partial charge in [0.2, 0.25) is 5.91 Å². The molecule has 0 saturated heterocycles. The lowest BCUT2D eigenvalue weighted by atomic mass is 10.2. The second-order valence-electron chi connectivity index (χ2n) is 5.56. The fourth-order valence-corrected chi connectivity index (χ4v) is 2.74. The minimum Gasteiger partial charge on any atom is -0.491 e. The first-order chi connectivity index (χ1) is 12.5. The molecule has 0 radical (unpaired) electrons. The topological polar surface area (TPSA) is 87.7 Å². The fourth-order valence-electron chi connectivity index (χ4n) is 2.48. The summed E-state index contributed by atoms with van der Waals surface area (Å²) in [6.07, 6.45) is 0.174. The first kappa shape index (κ1) is 17.9. The first-order valence-corrected chi connectivity index (χ1v) is 8.71. The molecule has 0 fully saturated rings. The van der Waals surface area contributed by atoms with E-state index < -0.39 is 11.8 Å². The van der Waals surface area contributed by atoms with E-state index in [1.54, 1.807) is 48.5 Å². The number of amides is 3. The summed E-state index contributed by atoms with van der Waals surface area (Å²) in [4.78, 5) is 37.9. The van der Waals surface area contributed by atoms with Crippen LogP contribution in [0.3, 0.4) is 0 Å². The van der Waals surface area contributed by atoms with Crippen LogP contribution in [0.15, 0.2) is 53.0 Å². The summed E-state index contributed by atoms with van der Waals surface area (Å²) < 4.78 is 6.37. The van der Waals surface area contributed by atoms with Gasteiger partial charge in [0.1, 0.15) is 12.3 Å². The van der Waals surface area contributed by atoms with Gasteiger partial charge in [0.25, 0.3) is 11.8 Å². The highest BCUT2D eigenvalue weighted by atomic mass is 79.9. The van der Waals surface area contributed by atoms with Gasteiger partial charge in [-0.25, -0.2) is 0 Å². The summed E-state index contributed by atoms with van der Waals surface area (Å²) in [5.41, 5.74) is 5.60. The minimum atomic E-state index is -0.513. The molecule has 1 aliphatic heterocycles. The zero-order valence-corrected chi connectivity index (χ0v) is 15.3. The second kappa shape index (κ2) is 8.01. The number of hydrazine groups is 1. The number of nitrogens with one attached hydrogen (secondary N) is 2. The van der Waals surface area contributed by atoms with E-state index in [2.05, 4.69) is 26.8 Å². The van der Waals surface area contributed by atoms with Gasteiger partial charge in [0, 0.05) is 10.0 Å². The molecule has 2 aromatic rings. The van der Waals surface area contributed by atoms with E-state index in [-0.39, 0.29) is 25.5 Å². The van der Waals surface area contributed by atoms with Crippen molar-refractivity contribution in [1.82, 2.24) is 10.9 Å². The summed E-state index contributed by atoms with van der Waals surface area (Å²) in [6, 6.07) is 13.7. The minimum absolute atomic E-state index is 0.174. The van der Waals surface area contributed by atoms with Crippen LogP contribution in [0, 0.1) is 0 Å². The lowest BCUT2D eigenvalue weighted by Gasteiger charge is -2.21. The van der Waals surface area contributed by atoms with E-state index in [1.807, 2.05) is 0 Å². The van der Waals surface area contributed by atoms with Crippen molar-refractivity contribution in [1.29, 1.82) is 0 Å². The summed E-state index contributed by atoms with van der Waals surface area (Å²) >= 11 is 3.29. The predicted molar refractivity (Wildman–Crippen MR) is 98.7 cm³/mol. The van der Waals surface area contributed by atoms with Crippen molar-refractivity contribution in [3.05, 3.63) is 58.6 Å². The van der Waals surface area contributed by atoms with Crippen molar-refractivity contribution in [3.8, 4) is 5.75 Å². The number of hydrogen-bond acceptors (Lipinski definition) is 4. The molecule has 8 heteroatoms. The summed E-state index contributed by atoms with van der Waals surface area (Å²) in [7, 11) is 0. The number of benzene rings is 2. The Kier molecular flexibility index (Phi) is 5.52. The van der Waals surface area contributed by atoms with Crippen molar-refractivity contribution in [2.45, 2.75) is 6.42 Å². The number of halogens is 1. The molecule has 1 heterocycles. The number of fused-ring (bicyclic) bond motifs is 1. The van der Waals surface area contributed by atoms with Crippen molar-refractivity contribution < 1.29 is 19.1 Å². The molecule has 0 aromatic heterocycles. The Hall–Kier alpha value is -2.87. The van der Waals surface area contributed by atoms with Crippen LogP contribution in [0.25, 0.3) is 0 Å². The van der Waals surface area contributed by atoms with E-state index in [1.165, 1.54) is 4.90 Å². The van der Waals surface area contributed by atoms with Crippen LogP contribution in [-0.2, 0) is 9.59 Å². The molecule has 0 unspecified atom stereocenters. The molecule has 2 N–H and O–H groups in total. The molecule has 7 nitrogen and oxygen atoms in total. The third-order valence-corrected chi connectivity index (χ3v) is 4.28. The Balaban J connectivity index is 1.63. The maximum Gasteiger partial charge on any atom is 0.269 e. The standard InChI is InChI=1S/C18H16BrN3O4/c19-13-7-5-12(6-8-13)18(25)21-20-16(23)11-22-14-3-1-2-4-15(14)26-10-9-17(22)24/h1-8H,9-11H2,(H,20,23)(H,21,25). The first-order valence-electron chi connectivity index (χ1n) is 7.91. The van der Waals surface area contributed by atoms with Crippen LogP contribution in [0.4, 0.5) is 5.69 Å². The van der Waals surface area contributed by atoms with Crippen LogP contribution < -0.4 is 20.5 Å². The number of nitrogens with zero attached hydrogens (tertiary/aromatic N) is 1. The number of hydrogen-bond donors (Lipinski definition) is 2. The van der Waals surface area contributed by atoms with Crippen molar-refractivity contribution in [3.63, 3.8) is 0 Å². The monoisotopic (exact) mass is 417 g/mol. The molecule has 134 valence electrons. The zero-order chi connectivity index (χ0) is 18.5. The second-order valence-corrected chi connectivity index (χ2v) is 6.47. The fraction of sp³-hybridized carbons (Fsp3) is 0.167. The Bertz CT molecular complexity index is 839. The molecule has 0 atom stereocenters. The Labute approximate surface area is 158 Å². The van der Waals surface area contributed by atoms with Gasteiger partial charge >= 0.3 is 0 Å². The van der Waals surface area contributed by atoms with Crippen molar-refractivity contribution in [2.75, 3.05) is 18.1 Å². The molecular formula is C18H16BrN3O4. The third kappa shape index (κ3) is 4.20. The highest BCUT2D eigenvalue weighted by molar-refractivity contribution is 9.10. The van der Waals surface area contributed by atoms with Gasteiger partial charge in [-0.05, 0) is 36.4 Å². The number of ether oxygens (including phenoxy) is 1. The van der Waals surface area contributed by atoms with Crippen LogP contribution in [0.5, 0.6) is 5.75 Å². The van der Waals surface area contributed by atoms with Gasteiger partial charge in [0.15, 0.2) is 0 Å². The Morgan fingerprint density at radius 3 is 2.58 bits per heavy atom. The highest BCUT2D eigenvalue weighted by Gasteiger charge is 2.25. The average Bonchev–Trinajstić information content (AvgIpc) is 2.80. The quantitative estimate of drug-likeness (QED) is 0.747. The summed E-state index contributed by atoms with van der Waals surface area (Å²) in [6.45, 7) is 0.0358. The smallest absolute Gasteiger partial charge is 0.269 e. The number of para-hydroxylation sites is 2. The number of rotatable bonds is 3. The van der Waals surface area contributed by atoms with Crippen LogP contribution >= 0.6 is 15.9 Å². The SMILES string of the molecule is O=C(CN1C(=O)CCOc2ccccc21)NNC(=O)c1ccc(Br)cc1. The van der Waals surface area contributed by atoms with Crippen LogP contribution in [0.1, 0.15) is 16.8 Å². The molecule has 3 rings (SSSR count). The van der Waals surface area contributed by atoms with Gasteiger partial charge < -0.3 is 4.74 Å². The largest absolute Gasteiger partial charge is 0.491 e. The third-order valence-electron chi connectivity index (χ3n) is 3.75.